The lowest BCUT2D eigenvalue weighted by molar-refractivity contribution is 0.462. The Balaban J connectivity index is 2.13. The monoisotopic (exact) mass is 246 g/mol. The molecule has 0 saturated heterocycles. The third-order valence-electron chi connectivity index (χ3n) is 2.66. The van der Waals surface area contributed by atoms with Crippen LogP contribution < -0.4 is 10.7 Å². The van der Waals surface area contributed by atoms with Crippen LogP contribution in [0, 0.1) is 0 Å². The molecule has 0 aliphatic heterocycles. The van der Waals surface area contributed by atoms with Crippen LogP contribution >= 0.6 is 0 Å². The van der Waals surface area contributed by atoms with Crippen LogP contribution in [0.25, 0.3) is 0 Å². The average molecular weight is 246 g/mol. The van der Waals surface area contributed by atoms with E-state index >= 15 is 0 Å². The topological polar surface area (TPSA) is 74.5 Å². The summed E-state index contributed by atoms with van der Waals surface area (Å²) in [5.41, 5.74) is 1.20. The molecule has 5 nitrogen and oxygen atoms in total. The number of phenolic OH excluding ortho intramolecular Hbond substituents is 1. The minimum atomic E-state index is -0.393. The van der Waals surface area contributed by atoms with Crippen LogP contribution in [0.2, 0.25) is 0 Å². The Morgan fingerprint density at radius 2 is 1.89 bits per heavy atom. The Labute approximate surface area is 104 Å². The zero-order valence-corrected chi connectivity index (χ0v) is 9.92. The number of rotatable bonds is 3. The Hall–Kier alpha value is -2.43. The molecule has 1 heterocycles. The van der Waals surface area contributed by atoms with Gasteiger partial charge in [-0.1, -0.05) is 0 Å². The smallest absolute Gasteiger partial charge is 0.223 e. The summed E-state index contributed by atoms with van der Waals surface area (Å²) in [6.45, 7) is 0.455. The van der Waals surface area contributed by atoms with E-state index in [9.17, 15) is 9.90 Å². The van der Waals surface area contributed by atoms with Gasteiger partial charge in [-0.15, -0.1) is 0 Å². The molecule has 1 aromatic carbocycles. The largest absolute Gasteiger partial charge is 0.508 e. The van der Waals surface area contributed by atoms with Crippen LogP contribution in [0.5, 0.6) is 11.5 Å². The quantitative estimate of drug-likeness (QED) is 0.716. The fraction of sp³-hybridized carbons (Fsp3) is 0.154. The summed E-state index contributed by atoms with van der Waals surface area (Å²) >= 11 is 0. The second-order valence-electron chi connectivity index (χ2n) is 4.03. The van der Waals surface area contributed by atoms with Crippen molar-refractivity contribution in [3.8, 4) is 11.5 Å². The molecule has 5 heteroatoms. The fourth-order valence-corrected chi connectivity index (χ4v) is 1.60. The lowest BCUT2D eigenvalue weighted by Gasteiger charge is -2.11. The van der Waals surface area contributed by atoms with Crippen molar-refractivity contribution in [1.82, 2.24) is 4.57 Å². The van der Waals surface area contributed by atoms with Gasteiger partial charge in [0.15, 0.2) is 5.75 Å². The molecule has 94 valence electrons. The van der Waals surface area contributed by atoms with E-state index in [0.717, 1.165) is 11.4 Å². The molecule has 0 fully saturated rings. The second kappa shape index (κ2) is 4.83. The number of phenols is 1. The van der Waals surface area contributed by atoms with Crippen molar-refractivity contribution < 1.29 is 10.2 Å². The van der Waals surface area contributed by atoms with E-state index in [1.807, 2.05) is 0 Å². The third-order valence-corrected chi connectivity index (χ3v) is 2.66. The first kappa shape index (κ1) is 12.0. The highest BCUT2D eigenvalue weighted by Crippen LogP contribution is 2.14. The first-order valence-electron chi connectivity index (χ1n) is 5.47. The summed E-state index contributed by atoms with van der Waals surface area (Å²) in [4.78, 5) is 11.3. The first-order chi connectivity index (χ1) is 8.56. The highest BCUT2D eigenvalue weighted by atomic mass is 16.3. The standard InChI is InChI=1S/C13H14N2O3/c1-15-8-13(18)12(17)6-10(15)7-14-9-2-4-11(16)5-3-9/h2-6,8,14,16,18H,7H2,1H3. The average Bonchev–Trinajstić information content (AvgIpc) is 2.34. The van der Waals surface area contributed by atoms with E-state index in [-0.39, 0.29) is 11.5 Å². The minimum absolute atomic E-state index is 0.206. The van der Waals surface area contributed by atoms with Crippen LogP contribution in [0.4, 0.5) is 5.69 Å². The molecule has 0 atom stereocenters. The first-order valence-corrected chi connectivity index (χ1v) is 5.47. The van der Waals surface area contributed by atoms with Gasteiger partial charge in [-0.2, -0.15) is 0 Å². The predicted octanol–water partition coefficient (Wildman–Crippen LogP) is 1.41. The third kappa shape index (κ3) is 2.63. The molecule has 0 radical (unpaired) electrons. The van der Waals surface area contributed by atoms with E-state index in [1.165, 1.54) is 12.3 Å². The molecule has 0 aliphatic rings. The van der Waals surface area contributed by atoms with Crippen LogP contribution in [-0.2, 0) is 13.6 Å². The Morgan fingerprint density at radius 3 is 2.56 bits per heavy atom. The number of pyridine rings is 1. The predicted molar refractivity (Wildman–Crippen MR) is 68.8 cm³/mol. The van der Waals surface area contributed by atoms with E-state index in [1.54, 1.807) is 35.9 Å². The molecule has 0 bridgehead atoms. The van der Waals surface area contributed by atoms with Gasteiger partial charge < -0.3 is 20.1 Å². The second-order valence-corrected chi connectivity index (χ2v) is 4.03. The number of nitrogens with one attached hydrogen (secondary N) is 1. The summed E-state index contributed by atoms with van der Waals surface area (Å²) in [5.74, 6) is -0.0523. The van der Waals surface area contributed by atoms with Crippen LogP contribution in [0.1, 0.15) is 5.69 Å². The van der Waals surface area contributed by atoms with Gasteiger partial charge in [0.25, 0.3) is 0 Å². The maximum absolute atomic E-state index is 11.3. The summed E-state index contributed by atoms with van der Waals surface area (Å²) < 4.78 is 1.68. The lowest BCUT2D eigenvalue weighted by atomic mass is 10.2. The van der Waals surface area contributed by atoms with Crippen molar-refractivity contribution in [2.24, 2.45) is 7.05 Å². The van der Waals surface area contributed by atoms with E-state index < -0.39 is 5.43 Å². The van der Waals surface area contributed by atoms with Gasteiger partial charge in [0.1, 0.15) is 5.75 Å². The van der Waals surface area contributed by atoms with Gasteiger partial charge in [-0.3, -0.25) is 4.79 Å². The molecule has 2 aromatic rings. The van der Waals surface area contributed by atoms with Crippen LogP contribution in [0.3, 0.4) is 0 Å². The number of nitrogens with zero attached hydrogens (tertiary/aromatic N) is 1. The maximum atomic E-state index is 11.3. The lowest BCUT2D eigenvalue weighted by Crippen LogP contribution is -2.12. The van der Waals surface area contributed by atoms with E-state index in [4.69, 9.17) is 5.11 Å². The zero-order chi connectivity index (χ0) is 13.1. The van der Waals surface area contributed by atoms with Crippen molar-refractivity contribution in [3.05, 3.63) is 52.4 Å². The molecule has 0 unspecified atom stereocenters. The SMILES string of the molecule is Cn1cc(O)c(=O)cc1CNc1ccc(O)cc1. The molecular formula is C13H14N2O3. The van der Waals surface area contributed by atoms with Gasteiger partial charge in [-0.25, -0.2) is 0 Å². The zero-order valence-electron chi connectivity index (χ0n) is 9.92. The van der Waals surface area contributed by atoms with Crippen molar-refractivity contribution in [1.29, 1.82) is 0 Å². The van der Waals surface area contributed by atoms with Gasteiger partial charge in [0.2, 0.25) is 5.43 Å². The summed E-state index contributed by atoms with van der Waals surface area (Å²) in [6.07, 6.45) is 1.39. The Morgan fingerprint density at radius 1 is 1.22 bits per heavy atom. The number of anilines is 1. The number of hydrogen-bond donors (Lipinski definition) is 3. The highest BCUT2D eigenvalue weighted by Gasteiger charge is 2.03. The molecule has 0 spiro atoms. The molecule has 0 amide bonds. The summed E-state index contributed by atoms with van der Waals surface area (Å²) in [6, 6.07) is 8.04. The Kier molecular flexibility index (Phi) is 3.23. The van der Waals surface area contributed by atoms with Crippen molar-refractivity contribution in [2.45, 2.75) is 6.54 Å². The van der Waals surface area contributed by atoms with Gasteiger partial charge in [0, 0.05) is 30.7 Å². The maximum Gasteiger partial charge on any atom is 0.223 e. The number of aromatic hydroxyl groups is 2. The van der Waals surface area contributed by atoms with Crippen molar-refractivity contribution in [3.63, 3.8) is 0 Å². The van der Waals surface area contributed by atoms with Gasteiger partial charge in [0.05, 0.1) is 6.54 Å². The fourth-order valence-electron chi connectivity index (χ4n) is 1.60. The number of aryl methyl sites for hydroxylation is 1. The summed E-state index contributed by atoms with van der Waals surface area (Å²) in [5, 5.41) is 21.5. The van der Waals surface area contributed by atoms with Gasteiger partial charge >= 0.3 is 0 Å². The molecule has 2 rings (SSSR count). The van der Waals surface area contributed by atoms with Crippen LogP contribution in [-0.4, -0.2) is 14.8 Å². The molecule has 0 aliphatic carbocycles. The van der Waals surface area contributed by atoms with Gasteiger partial charge in [-0.05, 0) is 24.3 Å². The molecule has 18 heavy (non-hydrogen) atoms. The minimum Gasteiger partial charge on any atom is -0.508 e. The molecular weight excluding hydrogens is 232 g/mol. The molecule has 3 N–H and O–H groups in total. The Bertz CT molecular complexity index is 603. The van der Waals surface area contributed by atoms with Crippen LogP contribution in [0.15, 0.2) is 41.3 Å². The number of hydrogen-bond acceptors (Lipinski definition) is 4. The number of benzene rings is 1. The van der Waals surface area contributed by atoms with Crippen molar-refractivity contribution >= 4 is 5.69 Å². The summed E-state index contributed by atoms with van der Waals surface area (Å²) in [7, 11) is 1.76. The molecule has 0 saturated carbocycles. The highest BCUT2D eigenvalue weighted by molar-refractivity contribution is 5.46. The van der Waals surface area contributed by atoms with E-state index in [0.29, 0.717) is 6.54 Å². The normalized spacial score (nSPS) is 10.3. The molecule has 1 aromatic heterocycles. The number of aromatic nitrogens is 1. The van der Waals surface area contributed by atoms with E-state index in [2.05, 4.69) is 5.32 Å². The van der Waals surface area contributed by atoms with Crippen molar-refractivity contribution in [2.75, 3.05) is 5.32 Å².